The molecule has 0 unspecified atom stereocenters. The lowest BCUT2D eigenvalue weighted by molar-refractivity contribution is -0.142. The van der Waals surface area contributed by atoms with E-state index in [2.05, 4.69) is 16.6 Å². The molecule has 0 bridgehead atoms. The molecule has 0 aliphatic rings. The number of rotatable bonds is 6. The second kappa shape index (κ2) is 8.58. The van der Waals surface area contributed by atoms with Crippen LogP contribution in [0.2, 0.25) is 0 Å². The maximum Gasteiger partial charge on any atom is 0.407 e. The molecule has 7 nitrogen and oxygen atoms in total. The van der Waals surface area contributed by atoms with E-state index < -0.39 is 35.0 Å². The van der Waals surface area contributed by atoms with Gasteiger partial charge in [0.05, 0.1) is 0 Å². The normalized spacial score (nSPS) is 12.4. The van der Waals surface area contributed by atoms with Crippen molar-refractivity contribution in [3.05, 3.63) is 35.4 Å². The van der Waals surface area contributed by atoms with Crippen molar-refractivity contribution in [2.24, 2.45) is 5.41 Å². The molecule has 1 aromatic carbocycles. The highest BCUT2D eigenvalue weighted by Crippen LogP contribution is 2.21. The van der Waals surface area contributed by atoms with Crippen LogP contribution in [0.3, 0.4) is 0 Å². The first-order chi connectivity index (χ1) is 12.4. The molecule has 0 fully saturated rings. The molecule has 0 aliphatic carbocycles. The number of hydrogen-bond donors (Lipinski definition) is 3. The van der Waals surface area contributed by atoms with Gasteiger partial charge in [0.1, 0.15) is 11.6 Å². The van der Waals surface area contributed by atoms with E-state index >= 15 is 0 Å². The summed E-state index contributed by atoms with van der Waals surface area (Å²) in [7, 11) is 0. The number of alkyl carbamates (subject to hydrolysis) is 1. The van der Waals surface area contributed by atoms with E-state index in [0.717, 1.165) is 0 Å². The fraction of sp³-hybridized carbons (Fsp3) is 0.450. The number of carboxylic acid groups (broad SMARTS) is 1. The van der Waals surface area contributed by atoms with Gasteiger partial charge in [-0.15, -0.1) is 6.42 Å². The molecule has 0 heterocycles. The first kappa shape index (κ1) is 22.0. The molecule has 27 heavy (non-hydrogen) atoms. The lowest BCUT2D eigenvalue weighted by Gasteiger charge is -2.32. The highest BCUT2D eigenvalue weighted by atomic mass is 16.6. The molecular weight excluding hydrogens is 348 g/mol. The van der Waals surface area contributed by atoms with Crippen molar-refractivity contribution >= 4 is 18.0 Å². The summed E-state index contributed by atoms with van der Waals surface area (Å²) in [6.07, 6.45) is 4.62. The summed E-state index contributed by atoms with van der Waals surface area (Å²) in [5, 5.41) is 14.6. The van der Waals surface area contributed by atoms with Gasteiger partial charge in [0, 0.05) is 23.1 Å². The number of carbonyl (C=O) groups is 3. The molecule has 3 N–H and O–H groups in total. The van der Waals surface area contributed by atoms with Crippen LogP contribution in [0, 0.1) is 17.8 Å². The van der Waals surface area contributed by atoms with Gasteiger partial charge < -0.3 is 20.5 Å². The van der Waals surface area contributed by atoms with Gasteiger partial charge in [-0.05, 0) is 45.0 Å². The predicted octanol–water partition coefficient (Wildman–Crippen LogP) is 2.40. The van der Waals surface area contributed by atoms with Gasteiger partial charge in [0.2, 0.25) is 0 Å². The van der Waals surface area contributed by atoms with Crippen LogP contribution in [0.25, 0.3) is 0 Å². The van der Waals surface area contributed by atoms with Crippen LogP contribution in [-0.2, 0) is 9.53 Å². The molecule has 1 atom stereocenters. The van der Waals surface area contributed by atoms with E-state index in [1.54, 1.807) is 46.8 Å². The molecule has 146 valence electrons. The molecule has 2 amide bonds. The Labute approximate surface area is 159 Å². The van der Waals surface area contributed by atoms with Gasteiger partial charge >= 0.3 is 12.1 Å². The van der Waals surface area contributed by atoms with Gasteiger partial charge in [-0.3, -0.25) is 4.79 Å². The van der Waals surface area contributed by atoms with Crippen molar-refractivity contribution in [1.82, 2.24) is 10.6 Å². The Morgan fingerprint density at radius 1 is 1.15 bits per heavy atom. The zero-order valence-corrected chi connectivity index (χ0v) is 16.3. The van der Waals surface area contributed by atoms with Gasteiger partial charge in [0.25, 0.3) is 5.91 Å². The average molecular weight is 374 g/mol. The second-order valence-electron chi connectivity index (χ2n) is 7.81. The zero-order valence-electron chi connectivity index (χ0n) is 16.3. The number of terminal acetylenes is 1. The summed E-state index contributed by atoms with van der Waals surface area (Å²) in [6.45, 7) is 8.43. The summed E-state index contributed by atoms with van der Waals surface area (Å²) in [5.41, 5.74) is -0.740. The van der Waals surface area contributed by atoms with Crippen LogP contribution in [-0.4, -0.2) is 41.3 Å². The van der Waals surface area contributed by atoms with E-state index in [0.29, 0.717) is 5.56 Å². The number of benzene rings is 1. The third-order valence-corrected chi connectivity index (χ3v) is 3.70. The minimum Gasteiger partial charge on any atom is -0.480 e. The minimum absolute atomic E-state index is 0.00477. The minimum atomic E-state index is -1.23. The van der Waals surface area contributed by atoms with E-state index in [1.807, 2.05) is 0 Å². The largest absolute Gasteiger partial charge is 0.480 e. The molecule has 1 aromatic rings. The van der Waals surface area contributed by atoms with E-state index in [9.17, 15) is 19.5 Å². The molecule has 7 heteroatoms. The van der Waals surface area contributed by atoms with Crippen LogP contribution >= 0.6 is 0 Å². The van der Waals surface area contributed by atoms with Gasteiger partial charge in [-0.25, -0.2) is 9.59 Å². The van der Waals surface area contributed by atoms with Crippen molar-refractivity contribution in [3.8, 4) is 12.3 Å². The number of nitrogens with one attached hydrogen (secondary N) is 2. The fourth-order valence-corrected chi connectivity index (χ4v) is 2.24. The van der Waals surface area contributed by atoms with Gasteiger partial charge in [-0.2, -0.15) is 0 Å². The lowest BCUT2D eigenvalue weighted by Crippen LogP contribution is -2.54. The van der Waals surface area contributed by atoms with Gasteiger partial charge in [0.15, 0.2) is 0 Å². The molecule has 1 rings (SSSR count). The molecule has 0 aromatic heterocycles. The van der Waals surface area contributed by atoms with Crippen LogP contribution in [0.15, 0.2) is 24.3 Å². The van der Waals surface area contributed by atoms with E-state index in [1.165, 1.54) is 12.1 Å². The molecule has 0 aliphatic heterocycles. The Morgan fingerprint density at radius 3 is 2.15 bits per heavy atom. The Morgan fingerprint density at radius 2 is 1.70 bits per heavy atom. The van der Waals surface area contributed by atoms with Crippen LogP contribution in [0.5, 0.6) is 0 Å². The maximum absolute atomic E-state index is 12.4. The Hall–Kier alpha value is -3.01. The Kier molecular flexibility index (Phi) is 7.00. The monoisotopic (exact) mass is 374 g/mol. The summed E-state index contributed by atoms with van der Waals surface area (Å²) >= 11 is 0. The standard InChI is InChI=1S/C20H26N2O5/c1-7-13-8-10-14(11-9-13)16(23)22-15(17(24)25)20(5,6)12-21-18(26)27-19(2,3)4/h1,8-11,15H,12H2,2-6H3,(H,21,26)(H,22,23)(H,24,25)/t15-/m1/s1. The lowest BCUT2D eigenvalue weighted by atomic mass is 9.84. The van der Waals surface area contributed by atoms with Gasteiger partial charge in [-0.1, -0.05) is 19.8 Å². The smallest absolute Gasteiger partial charge is 0.407 e. The molecular formula is C20H26N2O5. The van der Waals surface area contributed by atoms with Crippen LogP contribution < -0.4 is 10.6 Å². The maximum atomic E-state index is 12.4. The van der Waals surface area contributed by atoms with Crippen molar-refractivity contribution in [3.63, 3.8) is 0 Å². The second-order valence-corrected chi connectivity index (χ2v) is 7.81. The summed E-state index contributed by atoms with van der Waals surface area (Å²) in [6, 6.07) is 5.01. The first-order valence-corrected chi connectivity index (χ1v) is 8.43. The molecule has 0 saturated heterocycles. The van der Waals surface area contributed by atoms with Crippen molar-refractivity contribution in [2.75, 3.05) is 6.54 Å². The average Bonchev–Trinajstić information content (AvgIpc) is 2.56. The van der Waals surface area contributed by atoms with Crippen molar-refractivity contribution in [2.45, 2.75) is 46.3 Å². The van der Waals surface area contributed by atoms with Crippen LogP contribution in [0.1, 0.15) is 50.5 Å². The summed E-state index contributed by atoms with van der Waals surface area (Å²) in [5.74, 6) is 0.688. The predicted molar refractivity (Wildman–Crippen MR) is 101 cm³/mol. The first-order valence-electron chi connectivity index (χ1n) is 8.43. The highest BCUT2D eigenvalue weighted by molar-refractivity contribution is 5.96. The summed E-state index contributed by atoms with van der Waals surface area (Å²) in [4.78, 5) is 35.9. The number of hydrogen-bond acceptors (Lipinski definition) is 4. The number of ether oxygens (including phenoxy) is 1. The van der Waals surface area contributed by atoms with E-state index in [-0.39, 0.29) is 12.1 Å². The van der Waals surface area contributed by atoms with Crippen molar-refractivity contribution < 1.29 is 24.2 Å². The Balaban J connectivity index is 2.83. The molecule has 0 saturated carbocycles. The quantitative estimate of drug-likeness (QED) is 0.663. The van der Waals surface area contributed by atoms with E-state index in [4.69, 9.17) is 11.2 Å². The Bertz CT molecular complexity index is 739. The van der Waals surface area contributed by atoms with Crippen LogP contribution in [0.4, 0.5) is 4.79 Å². The molecule has 0 radical (unpaired) electrons. The fourth-order valence-electron chi connectivity index (χ4n) is 2.24. The SMILES string of the molecule is C#Cc1ccc(C(=O)N[C@H](C(=O)O)C(C)(C)CNC(=O)OC(C)(C)C)cc1. The third kappa shape index (κ3) is 7.02. The zero-order chi connectivity index (χ0) is 20.8. The number of carbonyl (C=O) groups excluding carboxylic acids is 2. The number of aliphatic carboxylic acids is 1. The number of amides is 2. The number of carboxylic acids is 1. The highest BCUT2D eigenvalue weighted by Gasteiger charge is 2.37. The van der Waals surface area contributed by atoms with Crippen molar-refractivity contribution in [1.29, 1.82) is 0 Å². The summed E-state index contributed by atoms with van der Waals surface area (Å²) < 4.78 is 5.14. The topological polar surface area (TPSA) is 105 Å². The third-order valence-electron chi connectivity index (χ3n) is 3.70. The molecule has 0 spiro atoms.